The van der Waals surface area contributed by atoms with E-state index in [2.05, 4.69) is 28.9 Å². The van der Waals surface area contributed by atoms with Gasteiger partial charge in [-0.1, -0.05) is 13.8 Å². The molecule has 0 radical (unpaired) electrons. The van der Waals surface area contributed by atoms with E-state index in [0.717, 1.165) is 23.9 Å². The molecule has 0 aliphatic carbocycles. The molecule has 114 valence electrons. The molecule has 1 heterocycles. The minimum absolute atomic E-state index is 0.141. The van der Waals surface area contributed by atoms with Crippen molar-refractivity contribution in [1.82, 2.24) is 9.55 Å². The number of nitrogens with zero attached hydrogens (tertiary/aromatic N) is 2. The molecule has 0 unspecified atom stereocenters. The molecule has 6 heteroatoms. The summed E-state index contributed by atoms with van der Waals surface area (Å²) in [4.78, 5) is 4.43. The van der Waals surface area contributed by atoms with Gasteiger partial charge >= 0.3 is 6.61 Å². The molecule has 0 aliphatic rings. The Morgan fingerprint density at radius 1 is 1.24 bits per heavy atom. The quantitative estimate of drug-likeness (QED) is 0.879. The number of anilines is 1. The van der Waals surface area contributed by atoms with E-state index in [1.54, 1.807) is 12.1 Å². The Hall–Kier alpha value is -2.11. The van der Waals surface area contributed by atoms with Crippen LogP contribution in [-0.4, -0.2) is 22.7 Å². The molecule has 0 amide bonds. The third-order valence-electron chi connectivity index (χ3n) is 2.83. The van der Waals surface area contributed by atoms with Crippen LogP contribution in [0.25, 0.3) is 5.69 Å². The van der Waals surface area contributed by atoms with Crippen LogP contribution in [0.5, 0.6) is 5.75 Å². The van der Waals surface area contributed by atoms with Crippen molar-refractivity contribution in [2.45, 2.75) is 27.4 Å². The second kappa shape index (κ2) is 6.56. The minimum Gasteiger partial charge on any atom is -0.435 e. The Bertz CT molecular complexity index is 579. The van der Waals surface area contributed by atoms with Crippen molar-refractivity contribution in [3.8, 4) is 11.4 Å². The van der Waals surface area contributed by atoms with Gasteiger partial charge in [-0.25, -0.2) is 4.98 Å². The average Bonchev–Trinajstić information content (AvgIpc) is 2.78. The first-order valence-corrected chi connectivity index (χ1v) is 6.81. The van der Waals surface area contributed by atoms with Crippen LogP contribution in [0.2, 0.25) is 0 Å². The highest BCUT2D eigenvalue weighted by molar-refractivity contribution is 5.45. The van der Waals surface area contributed by atoms with Crippen LogP contribution in [-0.2, 0) is 0 Å². The Balaban J connectivity index is 2.20. The van der Waals surface area contributed by atoms with Gasteiger partial charge in [-0.05, 0) is 37.1 Å². The lowest BCUT2D eigenvalue weighted by Gasteiger charge is -2.12. The van der Waals surface area contributed by atoms with E-state index in [1.165, 1.54) is 12.1 Å². The van der Waals surface area contributed by atoms with Gasteiger partial charge in [-0.15, -0.1) is 0 Å². The summed E-state index contributed by atoms with van der Waals surface area (Å²) < 4.78 is 30.5. The Kier molecular flexibility index (Phi) is 4.77. The zero-order valence-corrected chi connectivity index (χ0v) is 12.3. The number of aromatic nitrogens is 2. The number of benzene rings is 1. The molecule has 2 aromatic rings. The van der Waals surface area contributed by atoms with Crippen LogP contribution in [0.1, 0.15) is 19.5 Å². The molecule has 0 atom stereocenters. The molecule has 0 spiro atoms. The predicted molar refractivity (Wildman–Crippen MR) is 78.3 cm³/mol. The van der Waals surface area contributed by atoms with E-state index in [0.29, 0.717) is 5.92 Å². The molecule has 21 heavy (non-hydrogen) atoms. The third kappa shape index (κ3) is 4.18. The summed E-state index contributed by atoms with van der Waals surface area (Å²) >= 11 is 0. The summed E-state index contributed by atoms with van der Waals surface area (Å²) in [5.41, 5.74) is 1.72. The van der Waals surface area contributed by atoms with Gasteiger partial charge in [-0.2, -0.15) is 8.78 Å². The van der Waals surface area contributed by atoms with E-state index in [9.17, 15) is 8.78 Å². The Morgan fingerprint density at radius 3 is 2.48 bits per heavy atom. The van der Waals surface area contributed by atoms with E-state index in [4.69, 9.17) is 0 Å². The fourth-order valence-electron chi connectivity index (χ4n) is 1.90. The monoisotopic (exact) mass is 295 g/mol. The lowest BCUT2D eigenvalue weighted by molar-refractivity contribution is -0.0498. The lowest BCUT2D eigenvalue weighted by Crippen LogP contribution is -2.12. The zero-order valence-electron chi connectivity index (χ0n) is 12.3. The normalized spacial score (nSPS) is 11.2. The number of imidazole rings is 1. The fourth-order valence-corrected chi connectivity index (χ4v) is 1.90. The minimum atomic E-state index is -2.81. The fraction of sp³-hybridized carbons (Fsp3) is 0.400. The van der Waals surface area contributed by atoms with Crippen molar-refractivity contribution >= 4 is 5.95 Å². The summed E-state index contributed by atoms with van der Waals surface area (Å²) in [5.74, 6) is 1.38. The largest absolute Gasteiger partial charge is 0.435 e. The average molecular weight is 295 g/mol. The van der Waals surface area contributed by atoms with Gasteiger partial charge in [0.1, 0.15) is 5.75 Å². The number of hydrogen-bond acceptors (Lipinski definition) is 3. The van der Waals surface area contributed by atoms with Crippen molar-refractivity contribution in [2.24, 2.45) is 5.92 Å². The van der Waals surface area contributed by atoms with E-state index < -0.39 is 6.61 Å². The zero-order chi connectivity index (χ0) is 15.4. The number of ether oxygens (including phenoxy) is 1. The van der Waals surface area contributed by atoms with Crippen molar-refractivity contribution in [3.05, 3.63) is 36.2 Å². The highest BCUT2D eigenvalue weighted by Crippen LogP contribution is 2.21. The van der Waals surface area contributed by atoms with Gasteiger partial charge < -0.3 is 10.1 Å². The van der Waals surface area contributed by atoms with Gasteiger partial charge in [0, 0.05) is 18.4 Å². The second-order valence-electron chi connectivity index (χ2n) is 5.22. The van der Waals surface area contributed by atoms with Gasteiger partial charge in [-0.3, -0.25) is 4.57 Å². The van der Waals surface area contributed by atoms with E-state index >= 15 is 0 Å². The molecule has 4 nitrogen and oxygen atoms in total. The molecule has 1 aromatic heterocycles. The van der Waals surface area contributed by atoms with Crippen LogP contribution in [0.3, 0.4) is 0 Å². The molecule has 1 N–H and O–H groups in total. The molecule has 0 saturated heterocycles. The SMILES string of the molecule is Cc1cn(-c2ccc(OC(F)F)cc2)c(NCC(C)C)n1. The van der Waals surface area contributed by atoms with Gasteiger partial charge in [0.2, 0.25) is 5.95 Å². The van der Waals surface area contributed by atoms with Crippen LogP contribution in [0.15, 0.2) is 30.5 Å². The van der Waals surface area contributed by atoms with Gasteiger partial charge in [0.25, 0.3) is 0 Å². The summed E-state index contributed by atoms with van der Waals surface area (Å²) in [7, 11) is 0. The van der Waals surface area contributed by atoms with Crippen molar-refractivity contribution in [2.75, 3.05) is 11.9 Å². The molecular weight excluding hydrogens is 276 g/mol. The first kappa shape index (κ1) is 15.3. The smallest absolute Gasteiger partial charge is 0.387 e. The number of halogens is 2. The van der Waals surface area contributed by atoms with Crippen LogP contribution >= 0.6 is 0 Å². The molecule has 1 aromatic carbocycles. The molecule has 0 fully saturated rings. The molecule has 0 aliphatic heterocycles. The number of alkyl halides is 2. The molecule has 2 rings (SSSR count). The molecule has 0 bridgehead atoms. The summed E-state index contributed by atoms with van der Waals surface area (Å²) in [5, 5.41) is 3.28. The van der Waals surface area contributed by atoms with Crippen LogP contribution in [0, 0.1) is 12.8 Å². The second-order valence-corrected chi connectivity index (χ2v) is 5.22. The van der Waals surface area contributed by atoms with Gasteiger partial charge in [0.15, 0.2) is 0 Å². The van der Waals surface area contributed by atoms with Gasteiger partial charge in [0.05, 0.1) is 5.69 Å². The maximum atomic E-state index is 12.1. The predicted octanol–water partition coefficient (Wildman–Crippen LogP) is 3.85. The van der Waals surface area contributed by atoms with Crippen molar-refractivity contribution in [1.29, 1.82) is 0 Å². The maximum Gasteiger partial charge on any atom is 0.387 e. The summed E-state index contributed by atoms with van der Waals surface area (Å²) in [6.45, 7) is 4.14. The number of hydrogen-bond donors (Lipinski definition) is 1. The molecule has 0 saturated carbocycles. The first-order valence-electron chi connectivity index (χ1n) is 6.81. The third-order valence-corrected chi connectivity index (χ3v) is 2.83. The van der Waals surface area contributed by atoms with E-state index in [-0.39, 0.29) is 5.75 Å². The maximum absolute atomic E-state index is 12.1. The highest BCUT2D eigenvalue weighted by Gasteiger charge is 2.09. The Labute approximate surface area is 122 Å². The lowest BCUT2D eigenvalue weighted by atomic mass is 10.2. The Morgan fingerprint density at radius 2 is 1.90 bits per heavy atom. The first-order chi connectivity index (χ1) is 9.95. The highest BCUT2D eigenvalue weighted by atomic mass is 19.3. The summed E-state index contributed by atoms with van der Waals surface area (Å²) in [6, 6.07) is 6.48. The topological polar surface area (TPSA) is 39.1 Å². The summed E-state index contributed by atoms with van der Waals surface area (Å²) in [6.07, 6.45) is 1.89. The number of nitrogens with one attached hydrogen (secondary N) is 1. The number of rotatable bonds is 6. The number of aryl methyl sites for hydroxylation is 1. The standard InChI is InChI=1S/C15H19F2N3O/c1-10(2)8-18-15-19-11(3)9-20(15)12-4-6-13(7-5-12)21-14(16)17/h4-7,9-10,14H,8H2,1-3H3,(H,18,19). The van der Waals surface area contributed by atoms with Crippen LogP contribution < -0.4 is 10.1 Å². The van der Waals surface area contributed by atoms with E-state index in [1.807, 2.05) is 17.7 Å². The van der Waals surface area contributed by atoms with Crippen LogP contribution in [0.4, 0.5) is 14.7 Å². The van der Waals surface area contributed by atoms with Crippen molar-refractivity contribution in [3.63, 3.8) is 0 Å². The van der Waals surface area contributed by atoms with Crippen molar-refractivity contribution < 1.29 is 13.5 Å². The molecular formula is C15H19F2N3O.